The number of carbonyl (C=O) groups is 1. The van der Waals surface area contributed by atoms with Gasteiger partial charge in [-0.15, -0.1) is 0 Å². The molecule has 0 spiro atoms. The molecular formula is C14H21N3O2. The molecule has 1 aromatic heterocycles. The molecule has 104 valence electrons. The van der Waals surface area contributed by atoms with Crippen LogP contribution in [0, 0.1) is 0 Å². The van der Waals surface area contributed by atoms with E-state index < -0.39 is 12.0 Å². The minimum atomic E-state index is -0.735. The van der Waals surface area contributed by atoms with Crippen LogP contribution in [0.4, 0.5) is 0 Å². The first-order chi connectivity index (χ1) is 9.24. The lowest BCUT2D eigenvalue weighted by atomic mass is 10.0. The molecule has 2 N–H and O–H groups in total. The third-order valence-corrected chi connectivity index (χ3v) is 4.08. The summed E-state index contributed by atoms with van der Waals surface area (Å²) in [5.41, 5.74) is 2.54. The molecule has 5 nitrogen and oxygen atoms in total. The number of aryl methyl sites for hydroxylation is 2. The zero-order chi connectivity index (χ0) is 13.2. The van der Waals surface area contributed by atoms with Gasteiger partial charge >= 0.3 is 5.97 Å². The number of hydrogen-bond donors (Lipinski definition) is 2. The molecule has 1 aromatic rings. The summed E-state index contributed by atoms with van der Waals surface area (Å²) in [5.74, 6) is -0.735. The number of hydrogen-bond acceptors (Lipinski definition) is 3. The summed E-state index contributed by atoms with van der Waals surface area (Å²) >= 11 is 0. The fourth-order valence-electron chi connectivity index (χ4n) is 2.80. The lowest BCUT2D eigenvalue weighted by Gasteiger charge is -2.17. The van der Waals surface area contributed by atoms with E-state index in [0.717, 1.165) is 32.2 Å². The Morgan fingerprint density at radius 3 is 3.00 bits per heavy atom. The van der Waals surface area contributed by atoms with E-state index in [2.05, 4.69) is 14.9 Å². The Balaban J connectivity index is 1.60. The first-order valence-electron chi connectivity index (χ1n) is 7.26. The molecule has 0 radical (unpaired) electrons. The fourth-order valence-corrected chi connectivity index (χ4v) is 2.80. The second kappa shape index (κ2) is 5.33. The van der Waals surface area contributed by atoms with E-state index in [9.17, 15) is 9.90 Å². The lowest BCUT2D eigenvalue weighted by molar-refractivity contribution is -0.139. The molecule has 1 atom stereocenters. The van der Waals surface area contributed by atoms with Crippen LogP contribution >= 0.6 is 0 Å². The summed E-state index contributed by atoms with van der Waals surface area (Å²) in [7, 11) is 0. The number of carboxylic acid groups (broad SMARTS) is 1. The van der Waals surface area contributed by atoms with E-state index in [-0.39, 0.29) is 0 Å². The third-order valence-electron chi connectivity index (χ3n) is 4.08. The summed E-state index contributed by atoms with van der Waals surface area (Å²) in [4.78, 5) is 15.7. The zero-order valence-electron chi connectivity index (χ0n) is 11.1. The van der Waals surface area contributed by atoms with E-state index in [4.69, 9.17) is 0 Å². The van der Waals surface area contributed by atoms with Crippen LogP contribution in [-0.2, 0) is 24.2 Å². The second-order valence-electron chi connectivity index (χ2n) is 5.66. The van der Waals surface area contributed by atoms with Crippen molar-refractivity contribution in [1.82, 2.24) is 14.9 Å². The van der Waals surface area contributed by atoms with Gasteiger partial charge in [-0.3, -0.25) is 4.79 Å². The maximum Gasteiger partial charge on any atom is 0.320 e. The predicted octanol–water partition coefficient (Wildman–Crippen LogP) is 1.36. The number of fused-ring (bicyclic) bond motifs is 1. The van der Waals surface area contributed by atoms with Crippen molar-refractivity contribution >= 4 is 5.97 Å². The zero-order valence-corrected chi connectivity index (χ0v) is 11.1. The average Bonchev–Trinajstić information content (AvgIpc) is 3.13. The first-order valence-corrected chi connectivity index (χ1v) is 7.26. The van der Waals surface area contributed by atoms with E-state index in [1.807, 2.05) is 6.33 Å². The topological polar surface area (TPSA) is 67.1 Å². The normalized spacial score (nSPS) is 20.0. The van der Waals surface area contributed by atoms with Crippen molar-refractivity contribution in [3.8, 4) is 0 Å². The number of aliphatic carboxylic acids is 1. The third kappa shape index (κ3) is 2.97. The molecule has 19 heavy (non-hydrogen) atoms. The number of carboxylic acids is 1. The van der Waals surface area contributed by atoms with Gasteiger partial charge in [0, 0.05) is 18.3 Å². The van der Waals surface area contributed by atoms with Gasteiger partial charge in [-0.2, -0.15) is 0 Å². The summed E-state index contributed by atoms with van der Waals surface area (Å²) < 4.78 is 2.15. The van der Waals surface area contributed by atoms with Crippen LogP contribution in [0.5, 0.6) is 0 Å². The molecule has 1 heterocycles. The molecule has 1 saturated carbocycles. The minimum absolute atomic E-state index is 0.422. The number of rotatable bonds is 6. The summed E-state index contributed by atoms with van der Waals surface area (Å²) in [6.45, 7) is 0.749. The minimum Gasteiger partial charge on any atom is -0.480 e. The number of nitrogens with one attached hydrogen (secondary N) is 1. The van der Waals surface area contributed by atoms with Crippen molar-refractivity contribution in [3.63, 3.8) is 0 Å². The highest BCUT2D eigenvalue weighted by atomic mass is 16.4. The Morgan fingerprint density at radius 1 is 1.47 bits per heavy atom. The molecule has 2 aliphatic carbocycles. The molecule has 2 aliphatic rings. The highest BCUT2D eigenvalue weighted by Crippen LogP contribution is 2.22. The van der Waals surface area contributed by atoms with Crippen molar-refractivity contribution in [1.29, 1.82) is 0 Å². The molecule has 1 unspecified atom stereocenters. The number of imidazole rings is 1. The summed E-state index contributed by atoms with van der Waals surface area (Å²) in [5, 5.41) is 12.4. The van der Waals surface area contributed by atoms with Gasteiger partial charge in [-0.25, -0.2) is 4.98 Å². The van der Waals surface area contributed by atoms with Gasteiger partial charge in [-0.1, -0.05) is 0 Å². The molecule has 0 aromatic carbocycles. The summed E-state index contributed by atoms with van der Waals surface area (Å²) in [6, 6.07) is 0.00643. The standard InChI is InChI=1S/C14H21N3O2/c18-14(19)12(16-10-5-6-10)7-8-17-9-15-11-3-1-2-4-13(11)17/h9-10,12,16H,1-8H2,(H,18,19). The molecule has 0 aliphatic heterocycles. The highest BCUT2D eigenvalue weighted by molar-refractivity contribution is 5.73. The number of nitrogens with zero attached hydrogens (tertiary/aromatic N) is 2. The SMILES string of the molecule is O=C(O)C(CCn1cnc2c1CCCC2)NC1CC1. The predicted molar refractivity (Wildman–Crippen MR) is 71.1 cm³/mol. The van der Waals surface area contributed by atoms with Gasteiger partial charge in [0.2, 0.25) is 0 Å². The smallest absolute Gasteiger partial charge is 0.320 e. The molecule has 1 fully saturated rings. The van der Waals surface area contributed by atoms with Gasteiger partial charge in [0.25, 0.3) is 0 Å². The Hall–Kier alpha value is -1.36. The molecule has 0 amide bonds. The van der Waals surface area contributed by atoms with Crippen LogP contribution < -0.4 is 5.32 Å². The van der Waals surface area contributed by atoms with Gasteiger partial charge in [0.1, 0.15) is 6.04 Å². The van der Waals surface area contributed by atoms with Gasteiger partial charge in [0.15, 0.2) is 0 Å². The lowest BCUT2D eigenvalue weighted by Crippen LogP contribution is -2.38. The molecule has 5 heteroatoms. The Morgan fingerprint density at radius 2 is 2.26 bits per heavy atom. The van der Waals surface area contributed by atoms with Crippen LogP contribution in [0.25, 0.3) is 0 Å². The van der Waals surface area contributed by atoms with E-state index in [1.165, 1.54) is 24.2 Å². The van der Waals surface area contributed by atoms with Crippen LogP contribution in [0.15, 0.2) is 6.33 Å². The fraction of sp³-hybridized carbons (Fsp3) is 0.714. The van der Waals surface area contributed by atoms with Crippen molar-refractivity contribution < 1.29 is 9.90 Å². The van der Waals surface area contributed by atoms with Gasteiger partial charge in [-0.05, 0) is 44.9 Å². The molecule has 0 saturated heterocycles. The molecular weight excluding hydrogens is 242 g/mol. The van der Waals surface area contributed by atoms with Gasteiger partial charge < -0.3 is 15.0 Å². The quantitative estimate of drug-likeness (QED) is 0.813. The Labute approximate surface area is 113 Å². The Bertz CT molecular complexity index is 465. The highest BCUT2D eigenvalue weighted by Gasteiger charge is 2.28. The van der Waals surface area contributed by atoms with E-state index in [0.29, 0.717) is 12.5 Å². The van der Waals surface area contributed by atoms with Crippen LogP contribution in [0.3, 0.4) is 0 Å². The average molecular weight is 263 g/mol. The van der Waals surface area contributed by atoms with Gasteiger partial charge in [0.05, 0.1) is 12.0 Å². The van der Waals surface area contributed by atoms with Crippen molar-refractivity contribution in [3.05, 3.63) is 17.7 Å². The van der Waals surface area contributed by atoms with Crippen LogP contribution in [0.2, 0.25) is 0 Å². The van der Waals surface area contributed by atoms with Crippen molar-refractivity contribution in [2.45, 2.75) is 63.6 Å². The maximum absolute atomic E-state index is 11.2. The number of aromatic nitrogens is 2. The van der Waals surface area contributed by atoms with Crippen molar-refractivity contribution in [2.24, 2.45) is 0 Å². The van der Waals surface area contributed by atoms with Crippen molar-refractivity contribution in [2.75, 3.05) is 0 Å². The maximum atomic E-state index is 11.2. The monoisotopic (exact) mass is 263 g/mol. The molecule has 0 bridgehead atoms. The second-order valence-corrected chi connectivity index (χ2v) is 5.66. The largest absolute Gasteiger partial charge is 0.480 e. The van der Waals surface area contributed by atoms with E-state index in [1.54, 1.807) is 0 Å². The summed E-state index contributed by atoms with van der Waals surface area (Å²) in [6.07, 6.45) is 9.36. The molecule has 3 rings (SSSR count). The van der Waals surface area contributed by atoms with Crippen LogP contribution in [-0.4, -0.2) is 32.7 Å². The Kier molecular flexibility index (Phi) is 3.55. The van der Waals surface area contributed by atoms with Crippen LogP contribution in [0.1, 0.15) is 43.5 Å². The van der Waals surface area contributed by atoms with E-state index >= 15 is 0 Å². The first kappa shape index (κ1) is 12.7.